The molecule has 27 heavy (non-hydrogen) atoms. The summed E-state index contributed by atoms with van der Waals surface area (Å²) in [6, 6.07) is 8.14. The molecule has 0 unspecified atom stereocenters. The highest BCUT2D eigenvalue weighted by molar-refractivity contribution is 6.04. The van der Waals surface area contributed by atoms with Gasteiger partial charge in [0.1, 0.15) is 22.9 Å². The minimum Gasteiger partial charge on any atom is -0.494 e. The van der Waals surface area contributed by atoms with Gasteiger partial charge in [0.2, 0.25) is 0 Å². The van der Waals surface area contributed by atoms with Crippen LogP contribution in [0.2, 0.25) is 0 Å². The van der Waals surface area contributed by atoms with Gasteiger partial charge in [0.25, 0.3) is 5.91 Å². The highest BCUT2D eigenvalue weighted by Gasteiger charge is 2.15. The lowest BCUT2D eigenvalue weighted by atomic mass is 10.1. The Balaban J connectivity index is 1.61. The molecule has 0 bridgehead atoms. The summed E-state index contributed by atoms with van der Waals surface area (Å²) in [5, 5.41) is 2.73. The zero-order valence-corrected chi connectivity index (χ0v) is 15.1. The number of nitrogens with one attached hydrogen (secondary N) is 1. The van der Waals surface area contributed by atoms with Crippen LogP contribution in [0.15, 0.2) is 36.4 Å². The number of nitrogens with zero attached hydrogens (tertiary/aromatic N) is 2. The topological polar surface area (TPSA) is 64.1 Å². The number of halogens is 2. The maximum Gasteiger partial charge on any atom is 0.253 e. The van der Waals surface area contributed by atoms with Crippen LogP contribution in [-0.2, 0) is 0 Å². The van der Waals surface area contributed by atoms with Crippen LogP contribution in [0.4, 0.5) is 8.78 Å². The van der Waals surface area contributed by atoms with E-state index < -0.39 is 11.7 Å². The number of hydrogen-bond donors (Lipinski definition) is 1. The molecule has 3 aromatic rings. The van der Waals surface area contributed by atoms with Gasteiger partial charge in [-0.25, -0.2) is 18.7 Å². The van der Waals surface area contributed by atoms with E-state index >= 15 is 0 Å². The molecule has 5 nitrogen and oxygen atoms in total. The van der Waals surface area contributed by atoms with E-state index in [1.807, 2.05) is 0 Å². The molecule has 2 aromatic carbocycles. The second kappa shape index (κ2) is 8.07. The van der Waals surface area contributed by atoms with Crippen molar-refractivity contribution in [3.05, 3.63) is 65.0 Å². The smallest absolute Gasteiger partial charge is 0.253 e. The minimum atomic E-state index is -0.537. The van der Waals surface area contributed by atoms with Gasteiger partial charge in [-0.3, -0.25) is 4.79 Å². The zero-order chi connectivity index (χ0) is 19.4. The molecule has 1 heterocycles. The molecule has 3 rings (SSSR count). The van der Waals surface area contributed by atoms with Crippen LogP contribution in [0.25, 0.3) is 11.0 Å². The molecule has 0 fully saturated rings. The molecule has 1 amide bonds. The molecular weight excluding hydrogens is 352 g/mol. The van der Waals surface area contributed by atoms with Crippen LogP contribution < -0.4 is 10.1 Å². The third-order valence-corrected chi connectivity index (χ3v) is 4.08. The van der Waals surface area contributed by atoms with Crippen molar-refractivity contribution < 1.29 is 18.3 Å². The summed E-state index contributed by atoms with van der Waals surface area (Å²) in [6.45, 7) is 4.28. The number of aromatic nitrogens is 2. The fourth-order valence-corrected chi connectivity index (χ4v) is 2.56. The fraction of sp³-hybridized carbons (Fsp3) is 0.250. The average Bonchev–Trinajstić information content (AvgIpc) is 2.63. The summed E-state index contributed by atoms with van der Waals surface area (Å²) in [7, 11) is 0. The molecule has 7 heteroatoms. The van der Waals surface area contributed by atoms with Crippen molar-refractivity contribution in [2.45, 2.75) is 20.3 Å². The quantitative estimate of drug-likeness (QED) is 0.671. The van der Waals surface area contributed by atoms with Gasteiger partial charge in [-0.1, -0.05) is 0 Å². The van der Waals surface area contributed by atoms with E-state index in [0.29, 0.717) is 47.7 Å². The van der Waals surface area contributed by atoms with Crippen LogP contribution in [0.5, 0.6) is 5.75 Å². The third-order valence-electron chi connectivity index (χ3n) is 4.08. The number of carbonyl (C=O) groups excluding carboxylic acids is 1. The second-order valence-corrected chi connectivity index (χ2v) is 6.13. The van der Waals surface area contributed by atoms with E-state index in [9.17, 15) is 13.6 Å². The Kier molecular flexibility index (Phi) is 5.59. The van der Waals surface area contributed by atoms with Crippen molar-refractivity contribution in [1.29, 1.82) is 0 Å². The number of ether oxygens (including phenoxy) is 1. The lowest BCUT2D eigenvalue weighted by molar-refractivity contribution is 0.0952. The van der Waals surface area contributed by atoms with Gasteiger partial charge in [0.15, 0.2) is 0 Å². The Morgan fingerprint density at radius 1 is 1.04 bits per heavy atom. The van der Waals surface area contributed by atoms with Crippen molar-refractivity contribution in [1.82, 2.24) is 15.3 Å². The molecule has 0 aliphatic rings. The van der Waals surface area contributed by atoms with E-state index in [0.717, 1.165) is 6.07 Å². The predicted octanol–water partition coefficient (Wildman–Crippen LogP) is 3.72. The number of aryl methyl sites for hydroxylation is 2. The first-order valence-electron chi connectivity index (χ1n) is 8.55. The number of carbonyl (C=O) groups is 1. The molecule has 0 saturated carbocycles. The standard InChI is InChI=1S/C20H19F2N3O2/c1-12-13(2)25-19-17(10-15(22)11-18(19)24-12)20(26)23-8-3-9-27-16-6-4-14(21)5-7-16/h4-7,10-11H,3,8-9H2,1-2H3,(H,23,26). The Morgan fingerprint density at radius 2 is 1.74 bits per heavy atom. The van der Waals surface area contributed by atoms with Gasteiger partial charge in [-0.05, 0) is 50.6 Å². The van der Waals surface area contributed by atoms with Gasteiger partial charge >= 0.3 is 0 Å². The molecule has 0 aliphatic heterocycles. The molecule has 0 atom stereocenters. The van der Waals surface area contributed by atoms with E-state index in [-0.39, 0.29) is 11.4 Å². The van der Waals surface area contributed by atoms with Crippen LogP contribution in [0.1, 0.15) is 28.2 Å². The molecule has 1 N–H and O–H groups in total. The monoisotopic (exact) mass is 371 g/mol. The molecule has 0 spiro atoms. The van der Waals surface area contributed by atoms with Gasteiger partial charge in [-0.15, -0.1) is 0 Å². The van der Waals surface area contributed by atoms with Crippen molar-refractivity contribution >= 4 is 16.9 Å². The molecule has 0 aliphatic carbocycles. The van der Waals surface area contributed by atoms with Crippen molar-refractivity contribution in [2.75, 3.05) is 13.2 Å². The summed E-state index contributed by atoms with van der Waals surface area (Å²) >= 11 is 0. The average molecular weight is 371 g/mol. The third kappa shape index (κ3) is 4.55. The summed E-state index contributed by atoms with van der Waals surface area (Å²) in [4.78, 5) is 21.1. The largest absolute Gasteiger partial charge is 0.494 e. The summed E-state index contributed by atoms with van der Waals surface area (Å²) < 4.78 is 32.1. The van der Waals surface area contributed by atoms with Crippen molar-refractivity contribution in [3.63, 3.8) is 0 Å². The lowest BCUT2D eigenvalue weighted by Crippen LogP contribution is -2.26. The van der Waals surface area contributed by atoms with E-state index in [1.165, 1.54) is 30.3 Å². The van der Waals surface area contributed by atoms with Gasteiger partial charge in [0.05, 0.1) is 29.1 Å². The minimum absolute atomic E-state index is 0.153. The normalized spacial score (nSPS) is 10.8. The van der Waals surface area contributed by atoms with Gasteiger partial charge in [0, 0.05) is 12.6 Å². The van der Waals surface area contributed by atoms with Crippen LogP contribution >= 0.6 is 0 Å². The van der Waals surface area contributed by atoms with E-state index in [1.54, 1.807) is 13.8 Å². The number of fused-ring (bicyclic) bond motifs is 1. The molecule has 140 valence electrons. The predicted molar refractivity (Wildman–Crippen MR) is 97.8 cm³/mol. The first-order chi connectivity index (χ1) is 12.9. The zero-order valence-electron chi connectivity index (χ0n) is 15.1. The van der Waals surface area contributed by atoms with Crippen LogP contribution in [0.3, 0.4) is 0 Å². The molecule has 0 saturated heterocycles. The van der Waals surface area contributed by atoms with Crippen molar-refractivity contribution in [3.8, 4) is 5.75 Å². The fourth-order valence-electron chi connectivity index (χ4n) is 2.56. The number of benzene rings is 2. The molecular formula is C20H19F2N3O2. The Morgan fingerprint density at radius 3 is 2.48 bits per heavy atom. The Labute approximate surface area is 155 Å². The number of amides is 1. The summed E-state index contributed by atoms with van der Waals surface area (Å²) in [5.74, 6) is -0.728. The van der Waals surface area contributed by atoms with Gasteiger partial charge < -0.3 is 10.1 Å². The van der Waals surface area contributed by atoms with Crippen molar-refractivity contribution in [2.24, 2.45) is 0 Å². The maximum absolute atomic E-state index is 13.9. The first-order valence-corrected chi connectivity index (χ1v) is 8.55. The summed E-state index contributed by atoms with van der Waals surface area (Å²) in [5.41, 5.74) is 2.26. The lowest BCUT2D eigenvalue weighted by Gasteiger charge is -2.10. The highest BCUT2D eigenvalue weighted by atomic mass is 19.1. The van der Waals surface area contributed by atoms with Crippen LogP contribution in [0, 0.1) is 25.5 Å². The highest BCUT2D eigenvalue weighted by Crippen LogP contribution is 2.19. The Hall–Kier alpha value is -3.09. The van der Waals surface area contributed by atoms with E-state index in [4.69, 9.17) is 4.74 Å². The molecule has 1 aromatic heterocycles. The van der Waals surface area contributed by atoms with Gasteiger partial charge in [-0.2, -0.15) is 0 Å². The number of hydrogen-bond acceptors (Lipinski definition) is 4. The first kappa shape index (κ1) is 18.7. The SMILES string of the molecule is Cc1nc2cc(F)cc(C(=O)NCCCOc3ccc(F)cc3)c2nc1C. The summed E-state index contributed by atoms with van der Waals surface area (Å²) in [6.07, 6.45) is 0.542. The number of rotatable bonds is 6. The molecule has 0 radical (unpaired) electrons. The second-order valence-electron chi connectivity index (χ2n) is 6.13. The maximum atomic E-state index is 13.9. The van der Waals surface area contributed by atoms with Crippen LogP contribution in [-0.4, -0.2) is 29.0 Å². The van der Waals surface area contributed by atoms with E-state index in [2.05, 4.69) is 15.3 Å². The Bertz CT molecular complexity index is 975.